The monoisotopic (exact) mass is 565 g/mol. The Morgan fingerprint density at radius 1 is 1.15 bits per heavy atom. The number of likely N-dealkylation sites (N-methyl/N-ethyl adjacent to an activating group) is 2. The van der Waals surface area contributed by atoms with E-state index in [1.54, 1.807) is 46.5 Å². The molecule has 1 aliphatic rings. The van der Waals surface area contributed by atoms with Gasteiger partial charge in [0.2, 0.25) is 11.8 Å². The smallest absolute Gasteiger partial charge is 0.274 e. The summed E-state index contributed by atoms with van der Waals surface area (Å²) < 4.78 is 15.3. The Morgan fingerprint density at radius 2 is 1.90 bits per heavy atom. The minimum atomic E-state index is -0.712. The van der Waals surface area contributed by atoms with Gasteiger partial charge in [0.05, 0.1) is 6.04 Å². The van der Waals surface area contributed by atoms with Crippen LogP contribution in [0.5, 0.6) is 0 Å². The van der Waals surface area contributed by atoms with E-state index in [0.29, 0.717) is 43.9 Å². The molecule has 1 aromatic carbocycles. The highest BCUT2D eigenvalue weighted by molar-refractivity contribution is 5.93. The van der Waals surface area contributed by atoms with Crippen molar-refractivity contribution in [2.75, 3.05) is 47.3 Å². The summed E-state index contributed by atoms with van der Waals surface area (Å²) in [6.45, 7) is 3.37. The van der Waals surface area contributed by atoms with Crippen molar-refractivity contribution in [1.29, 1.82) is 0 Å². The number of nitrogens with zero attached hydrogens (tertiary/aromatic N) is 5. The topological polar surface area (TPSA) is 102 Å². The lowest BCUT2D eigenvalue weighted by atomic mass is 10.1. The van der Waals surface area contributed by atoms with E-state index in [2.05, 4.69) is 15.6 Å². The zero-order valence-electron chi connectivity index (χ0n) is 24.2. The molecule has 3 aromatic rings. The van der Waals surface area contributed by atoms with Gasteiger partial charge in [0.25, 0.3) is 5.91 Å². The molecular formula is C30H40FN7O3. The van der Waals surface area contributed by atoms with E-state index in [4.69, 9.17) is 0 Å². The summed E-state index contributed by atoms with van der Waals surface area (Å²) in [5.41, 5.74) is 1.90. The molecule has 0 radical (unpaired) electrons. The number of carbonyl (C=O) groups excluding carboxylic acids is 3. The number of halogens is 1. The van der Waals surface area contributed by atoms with Crippen LogP contribution in [0.25, 0.3) is 5.65 Å². The van der Waals surface area contributed by atoms with Gasteiger partial charge < -0.3 is 29.7 Å². The Bertz CT molecular complexity index is 1310. The molecular weight excluding hydrogens is 525 g/mol. The quantitative estimate of drug-likeness (QED) is 0.347. The maximum Gasteiger partial charge on any atom is 0.274 e. The van der Waals surface area contributed by atoms with Gasteiger partial charge in [0, 0.05) is 44.6 Å². The number of benzene rings is 1. The Morgan fingerprint density at radius 3 is 2.59 bits per heavy atom. The molecule has 10 nitrogen and oxygen atoms in total. The van der Waals surface area contributed by atoms with Gasteiger partial charge in [0.1, 0.15) is 23.2 Å². The molecule has 0 spiro atoms. The first-order valence-electron chi connectivity index (χ1n) is 14.1. The largest absolute Gasteiger partial charge is 0.342 e. The predicted molar refractivity (Wildman–Crippen MR) is 155 cm³/mol. The van der Waals surface area contributed by atoms with Crippen molar-refractivity contribution >= 4 is 23.4 Å². The highest BCUT2D eigenvalue weighted by Gasteiger charge is 2.36. The van der Waals surface area contributed by atoms with Crippen LogP contribution in [0.1, 0.15) is 35.8 Å². The summed E-state index contributed by atoms with van der Waals surface area (Å²) in [4.78, 5) is 50.2. The van der Waals surface area contributed by atoms with Gasteiger partial charge in [-0.3, -0.25) is 14.4 Å². The van der Waals surface area contributed by atoms with Crippen molar-refractivity contribution in [3.05, 3.63) is 71.9 Å². The second kappa shape index (κ2) is 13.7. The highest BCUT2D eigenvalue weighted by Crippen LogP contribution is 2.21. The number of rotatable bonds is 12. The highest BCUT2D eigenvalue weighted by atomic mass is 19.1. The lowest BCUT2D eigenvalue weighted by molar-refractivity contribution is -0.138. The number of likely N-dealkylation sites (tertiary alicyclic amines) is 1. The predicted octanol–water partition coefficient (Wildman–Crippen LogP) is 1.80. The average molecular weight is 566 g/mol. The summed E-state index contributed by atoms with van der Waals surface area (Å²) in [5, 5.41) is 5.82. The van der Waals surface area contributed by atoms with Crippen molar-refractivity contribution in [2.45, 2.75) is 44.3 Å². The molecule has 2 N–H and O–H groups in total. The van der Waals surface area contributed by atoms with Crippen molar-refractivity contribution in [3.8, 4) is 0 Å². The molecule has 1 saturated heterocycles. The number of hydrogen-bond acceptors (Lipinski definition) is 6. The Labute approximate surface area is 240 Å². The summed E-state index contributed by atoms with van der Waals surface area (Å²) in [7, 11) is 5.42. The molecule has 3 atom stereocenters. The molecule has 3 unspecified atom stereocenters. The van der Waals surface area contributed by atoms with Crippen molar-refractivity contribution < 1.29 is 18.8 Å². The Hall–Kier alpha value is -3.83. The molecule has 1 fully saturated rings. The zero-order valence-corrected chi connectivity index (χ0v) is 24.2. The number of fused-ring (bicyclic) bond motifs is 1. The van der Waals surface area contributed by atoms with Crippen LogP contribution in [0.3, 0.4) is 0 Å². The van der Waals surface area contributed by atoms with Gasteiger partial charge in [-0.1, -0.05) is 18.2 Å². The van der Waals surface area contributed by atoms with Crippen LogP contribution in [0.15, 0.2) is 54.9 Å². The molecule has 220 valence electrons. The molecule has 2 aromatic heterocycles. The third-order valence-electron chi connectivity index (χ3n) is 7.53. The second-order valence-corrected chi connectivity index (χ2v) is 10.9. The molecule has 41 heavy (non-hydrogen) atoms. The van der Waals surface area contributed by atoms with Gasteiger partial charge in [-0.05, 0) is 77.2 Å². The van der Waals surface area contributed by atoms with E-state index in [1.807, 2.05) is 43.4 Å². The fraction of sp³-hybridized carbons (Fsp3) is 0.467. The number of amides is 3. The molecule has 0 bridgehead atoms. The first kappa shape index (κ1) is 30.1. The lowest BCUT2D eigenvalue weighted by Gasteiger charge is -2.34. The van der Waals surface area contributed by atoms with E-state index in [-0.39, 0.29) is 29.6 Å². The maximum absolute atomic E-state index is 13.8. The molecule has 1 aliphatic heterocycles. The summed E-state index contributed by atoms with van der Waals surface area (Å²) >= 11 is 0. The summed E-state index contributed by atoms with van der Waals surface area (Å²) in [6, 6.07) is 10.5. The van der Waals surface area contributed by atoms with Crippen LogP contribution in [0.2, 0.25) is 0 Å². The molecule has 3 amide bonds. The number of pyridine rings is 1. The summed E-state index contributed by atoms with van der Waals surface area (Å²) in [6.07, 6.45) is 5.63. The third-order valence-corrected chi connectivity index (χ3v) is 7.53. The number of hydrogen-bond donors (Lipinski definition) is 2. The van der Waals surface area contributed by atoms with Gasteiger partial charge in [0.15, 0.2) is 0 Å². The fourth-order valence-corrected chi connectivity index (χ4v) is 5.14. The van der Waals surface area contributed by atoms with E-state index < -0.39 is 12.1 Å². The van der Waals surface area contributed by atoms with E-state index in [9.17, 15) is 18.8 Å². The Kier molecular flexibility index (Phi) is 10.1. The number of imidazole rings is 1. The molecule has 4 rings (SSSR count). The second-order valence-electron chi connectivity index (χ2n) is 10.9. The molecule has 0 aliphatic carbocycles. The van der Waals surface area contributed by atoms with Crippen molar-refractivity contribution in [1.82, 2.24) is 34.7 Å². The fourth-order valence-electron chi connectivity index (χ4n) is 5.14. The standard InChI is InChI=1S/C30H40FN7O3/c1-21(32-2)28(39)34-25(19-35(3)4)30(41)38-16-7-8-24(38)18-37(17-14-22-10-12-23(31)13-11-22)29(40)26-20-36-15-6-5-9-27(36)33-26/h5-6,9-13,15,20-21,24-25,32H,7-8,14,16-19H2,1-4H3,(H,34,39). The first-order chi connectivity index (χ1) is 19.7. The van der Waals surface area contributed by atoms with Crippen LogP contribution in [-0.4, -0.2) is 107 Å². The normalized spacial score (nSPS) is 16.6. The van der Waals surface area contributed by atoms with E-state index >= 15 is 0 Å². The van der Waals surface area contributed by atoms with Gasteiger partial charge in [-0.2, -0.15) is 0 Å². The average Bonchev–Trinajstić information content (AvgIpc) is 3.61. The van der Waals surface area contributed by atoms with Crippen molar-refractivity contribution in [3.63, 3.8) is 0 Å². The minimum Gasteiger partial charge on any atom is -0.342 e. The molecule has 0 saturated carbocycles. The van der Waals surface area contributed by atoms with Crippen LogP contribution < -0.4 is 10.6 Å². The van der Waals surface area contributed by atoms with E-state index in [1.165, 1.54) is 12.1 Å². The SMILES string of the molecule is CNC(C)C(=O)NC(CN(C)C)C(=O)N1CCCC1CN(CCc1ccc(F)cc1)C(=O)c1cn2ccccc2n1. The van der Waals surface area contributed by atoms with Crippen LogP contribution in [0.4, 0.5) is 4.39 Å². The number of carbonyl (C=O) groups is 3. The van der Waals surface area contributed by atoms with Crippen LogP contribution >= 0.6 is 0 Å². The first-order valence-corrected chi connectivity index (χ1v) is 14.1. The van der Waals surface area contributed by atoms with Crippen LogP contribution in [-0.2, 0) is 16.0 Å². The molecule has 11 heteroatoms. The third kappa shape index (κ3) is 7.68. The number of aromatic nitrogens is 2. The number of nitrogens with one attached hydrogen (secondary N) is 2. The van der Waals surface area contributed by atoms with Crippen LogP contribution in [0, 0.1) is 5.82 Å². The lowest BCUT2D eigenvalue weighted by Crippen LogP contribution is -2.57. The van der Waals surface area contributed by atoms with Gasteiger partial charge in [-0.15, -0.1) is 0 Å². The minimum absolute atomic E-state index is 0.156. The summed E-state index contributed by atoms with van der Waals surface area (Å²) in [5.74, 6) is -0.936. The Balaban J connectivity index is 1.55. The molecule has 3 heterocycles. The van der Waals surface area contributed by atoms with E-state index in [0.717, 1.165) is 18.4 Å². The van der Waals surface area contributed by atoms with Crippen molar-refractivity contribution in [2.24, 2.45) is 0 Å². The van der Waals surface area contributed by atoms with Gasteiger partial charge >= 0.3 is 0 Å². The maximum atomic E-state index is 13.8. The zero-order chi connectivity index (χ0) is 29.5. The van der Waals surface area contributed by atoms with Gasteiger partial charge in [-0.25, -0.2) is 9.37 Å².